The normalized spacial score (nSPS) is 16.0. The topological polar surface area (TPSA) is 79.2 Å². The number of hydrogen-bond acceptors (Lipinski definition) is 4. The van der Waals surface area contributed by atoms with Crippen molar-refractivity contribution in [3.8, 4) is 6.07 Å². The van der Waals surface area contributed by atoms with Crippen LogP contribution in [0, 0.1) is 17.2 Å². The zero-order valence-electron chi connectivity index (χ0n) is 12.0. The van der Waals surface area contributed by atoms with E-state index in [0.29, 0.717) is 11.3 Å². The van der Waals surface area contributed by atoms with E-state index in [1.807, 2.05) is 6.07 Å². The van der Waals surface area contributed by atoms with Crippen LogP contribution in [-0.2, 0) is 14.3 Å². The minimum Gasteiger partial charge on any atom is -0.452 e. The molecule has 1 saturated carbocycles. The number of nitrogens with one attached hydrogen (secondary N) is 1. The highest BCUT2D eigenvalue weighted by molar-refractivity contribution is 5.96. The highest BCUT2D eigenvalue weighted by atomic mass is 16.5. The Morgan fingerprint density at radius 2 is 2.00 bits per heavy atom. The minimum atomic E-state index is -0.871. The smallest absolute Gasteiger partial charge is 0.309 e. The highest BCUT2D eigenvalue weighted by Gasteiger charge is 2.27. The molecule has 5 nitrogen and oxygen atoms in total. The lowest BCUT2D eigenvalue weighted by molar-refractivity contribution is -0.157. The molecule has 1 aliphatic carbocycles. The van der Waals surface area contributed by atoms with Gasteiger partial charge in [-0.2, -0.15) is 5.26 Å². The van der Waals surface area contributed by atoms with Crippen molar-refractivity contribution in [2.45, 2.75) is 38.7 Å². The maximum Gasteiger partial charge on any atom is 0.309 e. The molecule has 5 heteroatoms. The number of amides is 1. The van der Waals surface area contributed by atoms with Gasteiger partial charge in [-0.25, -0.2) is 0 Å². The summed E-state index contributed by atoms with van der Waals surface area (Å²) in [5.41, 5.74) is 0.800. The molecule has 0 aromatic heterocycles. The number of carbonyl (C=O) groups excluding carboxylic acids is 2. The van der Waals surface area contributed by atoms with Gasteiger partial charge in [-0.15, -0.1) is 0 Å². The fourth-order valence-electron chi connectivity index (χ4n) is 2.41. The van der Waals surface area contributed by atoms with E-state index in [0.717, 1.165) is 25.7 Å². The van der Waals surface area contributed by atoms with E-state index < -0.39 is 12.0 Å². The Bertz CT molecular complexity index is 571. The van der Waals surface area contributed by atoms with E-state index in [4.69, 9.17) is 10.00 Å². The van der Waals surface area contributed by atoms with Crippen molar-refractivity contribution in [2.75, 3.05) is 5.32 Å². The average molecular weight is 286 g/mol. The molecule has 1 aliphatic rings. The van der Waals surface area contributed by atoms with E-state index in [1.54, 1.807) is 24.3 Å². The Balaban J connectivity index is 1.93. The standard InChI is InChI=1S/C16H18N2O3/c1-11(21-16(20)12-6-2-3-7-12)15(19)18-14-9-5-4-8-13(14)10-17/h4-5,8-9,11-12H,2-3,6-7H2,1H3,(H,18,19)/t11-/m0/s1. The number of rotatable bonds is 4. The van der Waals surface area contributed by atoms with E-state index in [-0.39, 0.29) is 11.9 Å². The number of nitrogens with zero attached hydrogens (tertiary/aromatic N) is 1. The molecule has 1 fully saturated rings. The highest BCUT2D eigenvalue weighted by Crippen LogP contribution is 2.26. The lowest BCUT2D eigenvalue weighted by Gasteiger charge is -2.16. The number of ether oxygens (including phenoxy) is 1. The van der Waals surface area contributed by atoms with Gasteiger partial charge in [0.15, 0.2) is 6.10 Å². The monoisotopic (exact) mass is 286 g/mol. The summed E-state index contributed by atoms with van der Waals surface area (Å²) in [6.45, 7) is 1.54. The number of nitriles is 1. The SMILES string of the molecule is C[C@H](OC(=O)C1CCCC1)C(=O)Nc1ccccc1C#N. The van der Waals surface area contributed by atoms with Gasteiger partial charge in [0.25, 0.3) is 5.91 Å². The van der Waals surface area contributed by atoms with Gasteiger partial charge in [-0.3, -0.25) is 9.59 Å². The zero-order valence-corrected chi connectivity index (χ0v) is 12.0. The molecule has 0 saturated heterocycles. The predicted octanol–water partition coefficient (Wildman–Crippen LogP) is 2.62. The molecular weight excluding hydrogens is 268 g/mol. The summed E-state index contributed by atoms with van der Waals surface area (Å²) in [4.78, 5) is 23.9. The van der Waals surface area contributed by atoms with Crippen molar-refractivity contribution in [2.24, 2.45) is 5.92 Å². The van der Waals surface area contributed by atoms with Gasteiger partial charge >= 0.3 is 5.97 Å². The first-order valence-corrected chi connectivity index (χ1v) is 7.12. The quantitative estimate of drug-likeness (QED) is 0.863. The van der Waals surface area contributed by atoms with Crippen molar-refractivity contribution >= 4 is 17.6 Å². The molecule has 110 valence electrons. The molecule has 0 unspecified atom stereocenters. The van der Waals surface area contributed by atoms with Crippen LogP contribution < -0.4 is 5.32 Å². The zero-order chi connectivity index (χ0) is 15.2. The van der Waals surface area contributed by atoms with Crippen LogP contribution in [0.2, 0.25) is 0 Å². The molecule has 1 aromatic rings. The Morgan fingerprint density at radius 3 is 2.67 bits per heavy atom. The van der Waals surface area contributed by atoms with Gasteiger partial charge in [-0.1, -0.05) is 25.0 Å². The third-order valence-electron chi connectivity index (χ3n) is 3.66. The minimum absolute atomic E-state index is 0.0772. The predicted molar refractivity (Wildman–Crippen MR) is 77.3 cm³/mol. The van der Waals surface area contributed by atoms with Crippen LogP contribution in [0.25, 0.3) is 0 Å². The van der Waals surface area contributed by atoms with Crippen LogP contribution in [0.15, 0.2) is 24.3 Å². The maximum atomic E-state index is 12.0. The number of para-hydroxylation sites is 1. The van der Waals surface area contributed by atoms with Gasteiger partial charge in [0.1, 0.15) is 6.07 Å². The fourth-order valence-corrected chi connectivity index (χ4v) is 2.41. The third-order valence-corrected chi connectivity index (χ3v) is 3.66. The summed E-state index contributed by atoms with van der Waals surface area (Å²) >= 11 is 0. The Morgan fingerprint density at radius 1 is 1.33 bits per heavy atom. The van der Waals surface area contributed by atoms with Crippen molar-refractivity contribution in [3.05, 3.63) is 29.8 Å². The second-order valence-electron chi connectivity index (χ2n) is 5.21. The molecule has 0 aliphatic heterocycles. The summed E-state index contributed by atoms with van der Waals surface area (Å²) in [7, 11) is 0. The first-order chi connectivity index (χ1) is 10.1. The Labute approximate surface area is 123 Å². The summed E-state index contributed by atoms with van der Waals surface area (Å²) in [6, 6.07) is 8.71. The van der Waals surface area contributed by atoms with E-state index in [9.17, 15) is 9.59 Å². The number of hydrogen-bond donors (Lipinski definition) is 1. The molecule has 2 rings (SSSR count). The van der Waals surface area contributed by atoms with E-state index in [2.05, 4.69) is 5.32 Å². The molecule has 0 bridgehead atoms. The van der Waals surface area contributed by atoms with Crippen molar-refractivity contribution < 1.29 is 14.3 Å². The average Bonchev–Trinajstić information content (AvgIpc) is 3.02. The summed E-state index contributed by atoms with van der Waals surface area (Å²) in [5.74, 6) is -0.806. The second-order valence-corrected chi connectivity index (χ2v) is 5.21. The number of esters is 1. The van der Waals surface area contributed by atoms with Crippen molar-refractivity contribution in [1.82, 2.24) is 0 Å². The van der Waals surface area contributed by atoms with E-state index in [1.165, 1.54) is 6.92 Å². The Hall–Kier alpha value is -2.35. The van der Waals surface area contributed by atoms with Gasteiger partial charge in [0.2, 0.25) is 0 Å². The van der Waals surface area contributed by atoms with Gasteiger partial charge in [0.05, 0.1) is 17.2 Å². The van der Waals surface area contributed by atoms with Gasteiger partial charge in [0, 0.05) is 0 Å². The molecule has 0 radical (unpaired) electrons. The first kappa shape index (κ1) is 15.0. The largest absolute Gasteiger partial charge is 0.452 e. The summed E-state index contributed by atoms with van der Waals surface area (Å²) < 4.78 is 5.21. The molecular formula is C16H18N2O3. The van der Waals surface area contributed by atoms with Crippen LogP contribution >= 0.6 is 0 Å². The molecule has 1 atom stereocenters. The van der Waals surface area contributed by atoms with Crippen LogP contribution in [0.4, 0.5) is 5.69 Å². The van der Waals surface area contributed by atoms with Crippen molar-refractivity contribution in [3.63, 3.8) is 0 Å². The number of benzene rings is 1. The lowest BCUT2D eigenvalue weighted by atomic mass is 10.1. The van der Waals surface area contributed by atoms with Gasteiger partial charge < -0.3 is 10.1 Å². The molecule has 0 spiro atoms. The summed E-state index contributed by atoms with van der Waals surface area (Å²) in [5, 5.41) is 11.6. The van der Waals surface area contributed by atoms with Gasteiger partial charge in [-0.05, 0) is 31.9 Å². The Kier molecular flexibility index (Phi) is 4.94. The molecule has 1 aromatic carbocycles. The summed E-state index contributed by atoms with van der Waals surface area (Å²) in [6.07, 6.45) is 2.88. The molecule has 21 heavy (non-hydrogen) atoms. The van der Waals surface area contributed by atoms with Crippen LogP contribution in [0.5, 0.6) is 0 Å². The maximum absolute atomic E-state index is 12.0. The van der Waals surface area contributed by atoms with Crippen molar-refractivity contribution in [1.29, 1.82) is 5.26 Å². The molecule has 1 N–H and O–H groups in total. The molecule has 1 amide bonds. The number of anilines is 1. The first-order valence-electron chi connectivity index (χ1n) is 7.12. The van der Waals surface area contributed by atoms with Crippen LogP contribution in [0.3, 0.4) is 0 Å². The number of carbonyl (C=O) groups is 2. The second kappa shape index (κ2) is 6.89. The van der Waals surface area contributed by atoms with E-state index >= 15 is 0 Å². The third kappa shape index (κ3) is 3.82. The van der Waals surface area contributed by atoms with Crippen LogP contribution in [-0.4, -0.2) is 18.0 Å². The lowest BCUT2D eigenvalue weighted by Crippen LogP contribution is -2.32. The van der Waals surface area contributed by atoms with Crippen LogP contribution in [0.1, 0.15) is 38.2 Å². The fraction of sp³-hybridized carbons (Fsp3) is 0.438. The molecule has 0 heterocycles.